The number of ether oxygens (including phenoxy) is 1. The summed E-state index contributed by atoms with van der Waals surface area (Å²) in [5, 5.41) is 3.22. The molecule has 2 saturated heterocycles. The molecule has 2 aliphatic heterocycles. The maximum absolute atomic E-state index is 12.5. The van der Waals surface area contributed by atoms with Crippen LogP contribution in [0, 0.1) is 19.8 Å². The number of hydrogen-bond donors (Lipinski definition) is 1. The highest BCUT2D eigenvalue weighted by atomic mass is 16.5. The number of hydrogen-bond acceptors (Lipinski definition) is 5. The Labute approximate surface area is 156 Å². The van der Waals surface area contributed by atoms with Crippen molar-refractivity contribution < 1.29 is 9.53 Å². The summed E-state index contributed by atoms with van der Waals surface area (Å²) in [5.74, 6) is 2.29. The van der Waals surface area contributed by atoms with E-state index in [9.17, 15) is 4.79 Å². The molecule has 1 N–H and O–H groups in total. The summed E-state index contributed by atoms with van der Waals surface area (Å²) in [5.41, 5.74) is 0.999. The van der Waals surface area contributed by atoms with Crippen molar-refractivity contribution in [3.05, 3.63) is 17.6 Å². The van der Waals surface area contributed by atoms with E-state index < -0.39 is 0 Å². The fourth-order valence-corrected chi connectivity index (χ4v) is 3.82. The van der Waals surface area contributed by atoms with Crippen molar-refractivity contribution in [1.82, 2.24) is 20.2 Å². The maximum atomic E-state index is 12.5. The highest BCUT2D eigenvalue weighted by Crippen LogP contribution is 2.20. The Hall–Kier alpha value is -1.89. The van der Waals surface area contributed by atoms with Crippen molar-refractivity contribution >= 4 is 11.8 Å². The van der Waals surface area contributed by atoms with Crippen LogP contribution in [0.4, 0.5) is 10.6 Å². The van der Waals surface area contributed by atoms with Gasteiger partial charge < -0.3 is 19.9 Å². The second kappa shape index (κ2) is 8.66. The molecule has 0 radical (unpaired) electrons. The van der Waals surface area contributed by atoms with E-state index in [-0.39, 0.29) is 12.1 Å². The Morgan fingerprint density at radius 1 is 1.23 bits per heavy atom. The minimum absolute atomic E-state index is 0.0798. The number of aryl methyl sites for hydroxylation is 2. The van der Waals surface area contributed by atoms with Gasteiger partial charge in [-0.3, -0.25) is 0 Å². The molecule has 1 atom stereocenters. The van der Waals surface area contributed by atoms with Crippen LogP contribution in [0.15, 0.2) is 6.07 Å². The molecule has 0 aliphatic carbocycles. The lowest BCUT2D eigenvalue weighted by Gasteiger charge is -2.34. The number of urea groups is 1. The van der Waals surface area contributed by atoms with Gasteiger partial charge in [0.25, 0.3) is 0 Å². The summed E-state index contributed by atoms with van der Waals surface area (Å²) in [6, 6.07) is 2.36. The van der Waals surface area contributed by atoms with Gasteiger partial charge in [-0.1, -0.05) is 0 Å². The van der Waals surface area contributed by atoms with E-state index >= 15 is 0 Å². The lowest BCUT2D eigenvalue weighted by Crippen LogP contribution is -2.49. The van der Waals surface area contributed by atoms with Gasteiger partial charge in [-0.2, -0.15) is 0 Å². The van der Waals surface area contributed by atoms with E-state index in [1.54, 1.807) is 0 Å². The third-order valence-electron chi connectivity index (χ3n) is 5.23. The van der Waals surface area contributed by atoms with Crippen LogP contribution >= 0.6 is 0 Å². The van der Waals surface area contributed by atoms with Crippen LogP contribution in [0.1, 0.15) is 37.7 Å². The van der Waals surface area contributed by atoms with Crippen molar-refractivity contribution in [1.29, 1.82) is 0 Å². The minimum Gasteiger partial charge on any atom is -0.381 e. The first-order valence-electron chi connectivity index (χ1n) is 9.75. The average Bonchev–Trinajstić information content (AvgIpc) is 3.09. The molecule has 0 bridgehead atoms. The van der Waals surface area contributed by atoms with E-state index in [0.29, 0.717) is 5.92 Å². The molecule has 2 aliphatic rings. The van der Waals surface area contributed by atoms with E-state index in [2.05, 4.69) is 20.2 Å². The van der Waals surface area contributed by atoms with Crippen molar-refractivity contribution in [2.45, 2.75) is 46.1 Å². The highest BCUT2D eigenvalue weighted by Gasteiger charge is 2.29. The molecule has 0 spiro atoms. The van der Waals surface area contributed by atoms with Gasteiger partial charge in [0.2, 0.25) is 0 Å². The molecule has 3 rings (SSSR count). The van der Waals surface area contributed by atoms with E-state index in [1.807, 2.05) is 31.7 Å². The number of carbonyl (C=O) groups is 1. The van der Waals surface area contributed by atoms with Crippen LogP contribution in [-0.4, -0.2) is 66.3 Å². The molecule has 1 aromatic heterocycles. The Bertz CT molecular complexity index is 596. The molecule has 0 aromatic carbocycles. The second-order valence-corrected chi connectivity index (χ2v) is 7.39. The SMILES string of the molecule is CCOCC1CCN(C(=O)NC2CCN(c3cc(C)nc(C)n3)CC2)C1. The zero-order chi connectivity index (χ0) is 18.5. The van der Waals surface area contributed by atoms with E-state index in [1.165, 1.54) is 0 Å². The number of aromatic nitrogens is 2. The molecule has 2 amide bonds. The molecular weight excluding hydrogens is 330 g/mol. The second-order valence-electron chi connectivity index (χ2n) is 7.39. The van der Waals surface area contributed by atoms with Crippen molar-refractivity contribution in [2.75, 3.05) is 44.3 Å². The van der Waals surface area contributed by atoms with Crippen LogP contribution < -0.4 is 10.2 Å². The lowest BCUT2D eigenvalue weighted by atomic mass is 10.1. The third kappa shape index (κ3) is 4.84. The van der Waals surface area contributed by atoms with Crippen LogP contribution in [0.5, 0.6) is 0 Å². The van der Waals surface area contributed by atoms with Crippen molar-refractivity contribution in [3.63, 3.8) is 0 Å². The summed E-state index contributed by atoms with van der Waals surface area (Å²) >= 11 is 0. The zero-order valence-electron chi connectivity index (χ0n) is 16.2. The van der Waals surface area contributed by atoms with E-state index in [4.69, 9.17) is 4.74 Å². The first-order valence-corrected chi connectivity index (χ1v) is 9.75. The third-order valence-corrected chi connectivity index (χ3v) is 5.23. The first-order chi connectivity index (χ1) is 12.5. The maximum Gasteiger partial charge on any atom is 0.317 e. The fourth-order valence-electron chi connectivity index (χ4n) is 3.82. The van der Waals surface area contributed by atoms with Crippen LogP contribution in [-0.2, 0) is 4.74 Å². The largest absolute Gasteiger partial charge is 0.381 e. The topological polar surface area (TPSA) is 70.6 Å². The zero-order valence-corrected chi connectivity index (χ0v) is 16.2. The monoisotopic (exact) mass is 361 g/mol. The Balaban J connectivity index is 1.44. The quantitative estimate of drug-likeness (QED) is 0.870. The van der Waals surface area contributed by atoms with Gasteiger partial charge in [-0.05, 0) is 40.0 Å². The lowest BCUT2D eigenvalue weighted by molar-refractivity contribution is 0.113. The Morgan fingerprint density at radius 3 is 2.69 bits per heavy atom. The van der Waals surface area contributed by atoms with Crippen molar-refractivity contribution in [2.24, 2.45) is 5.92 Å². The molecule has 7 heteroatoms. The molecule has 3 heterocycles. The van der Waals surface area contributed by atoms with E-state index in [0.717, 1.165) is 76.0 Å². The molecule has 144 valence electrons. The predicted molar refractivity (Wildman–Crippen MR) is 101 cm³/mol. The van der Waals surface area contributed by atoms with Gasteiger partial charge in [0, 0.05) is 56.5 Å². The molecule has 2 fully saturated rings. The van der Waals surface area contributed by atoms with Crippen molar-refractivity contribution in [3.8, 4) is 0 Å². The Morgan fingerprint density at radius 2 is 2.00 bits per heavy atom. The number of amides is 2. The van der Waals surface area contributed by atoms with Gasteiger partial charge in [0.15, 0.2) is 0 Å². The number of piperidine rings is 1. The first kappa shape index (κ1) is 18.9. The number of rotatable bonds is 5. The number of anilines is 1. The van der Waals surface area contributed by atoms with Gasteiger partial charge in [0.05, 0.1) is 6.61 Å². The summed E-state index contributed by atoms with van der Waals surface area (Å²) in [6.07, 6.45) is 2.94. The van der Waals surface area contributed by atoms with Gasteiger partial charge >= 0.3 is 6.03 Å². The average molecular weight is 361 g/mol. The summed E-state index contributed by atoms with van der Waals surface area (Å²) in [7, 11) is 0. The van der Waals surface area contributed by atoms with Crippen LogP contribution in [0.3, 0.4) is 0 Å². The van der Waals surface area contributed by atoms with Gasteiger partial charge in [-0.25, -0.2) is 14.8 Å². The summed E-state index contributed by atoms with van der Waals surface area (Å²) in [6.45, 7) is 10.9. The molecule has 1 unspecified atom stereocenters. The smallest absolute Gasteiger partial charge is 0.317 e. The summed E-state index contributed by atoms with van der Waals surface area (Å²) in [4.78, 5) is 25.6. The molecule has 26 heavy (non-hydrogen) atoms. The molecule has 1 aromatic rings. The fraction of sp³-hybridized carbons (Fsp3) is 0.737. The van der Waals surface area contributed by atoms with Gasteiger partial charge in [0.1, 0.15) is 11.6 Å². The predicted octanol–water partition coefficient (Wildman–Crippen LogP) is 2.13. The normalized spacial score (nSPS) is 21.3. The molecular formula is C19H31N5O2. The standard InChI is InChI=1S/C19H31N5O2/c1-4-26-13-16-5-8-24(12-16)19(25)22-17-6-9-23(10-7-17)18-11-14(2)20-15(3)21-18/h11,16-17H,4-10,12-13H2,1-3H3,(H,22,25). The molecule has 0 saturated carbocycles. The number of nitrogens with one attached hydrogen (secondary N) is 1. The van der Waals surface area contributed by atoms with Crippen LogP contribution in [0.2, 0.25) is 0 Å². The number of likely N-dealkylation sites (tertiary alicyclic amines) is 1. The number of nitrogens with zero attached hydrogens (tertiary/aromatic N) is 4. The number of carbonyl (C=O) groups excluding carboxylic acids is 1. The molecule has 7 nitrogen and oxygen atoms in total. The highest BCUT2D eigenvalue weighted by molar-refractivity contribution is 5.74. The minimum atomic E-state index is 0.0798. The van der Waals surface area contributed by atoms with Crippen LogP contribution in [0.25, 0.3) is 0 Å². The van der Waals surface area contributed by atoms with Gasteiger partial charge in [-0.15, -0.1) is 0 Å². The summed E-state index contributed by atoms with van der Waals surface area (Å²) < 4.78 is 5.49. The Kier molecular flexibility index (Phi) is 6.29.